The van der Waals surface area contributed by atoms with Crippen LogP contribution >= 0.6 is 0 Å². The normalized spacial score (nSPS) is 51.3. The molecule has 0 radical (unpaired) electrons. The van der Waals surface area contributed by atoms with Crippen LogP contribution < -0.4 is 0 Å². The van der Waals surface area contributed by atoms with Crippen molar-refractivity contribution in [1.82, 2.24) is 4.90 Å². The highest BCUT2D eigenvalue weighted by molar-refractivity contribution is 5.01. The summed E-state index contributed by atoms with van der Waals surface area (Å²) in [6, 6.07) is 0. The van der Waals surface area contributed by atoms with Crippen LogP contribution in [0.2, 0.25) is 0 Å². The van der Waals surface area contributed by atoms with Crippen molar-refractivity contribution in [2.24, 2.45) is 0 Å². The number of nitrogens with zero attached hydrogens (tertiary/aromatic N) is 1. The highest BCUT2D eigenvalue weighted by Crippen LogP contribution is 2.38. The van der Waals surface area contributed by atoms with Crippen LogP contribution in [0.15, 0.2) is 0 Å². The molecule has 0 aliphatic carbocycles. The number of hydrogen-bond donors (Lipinski definition) is 17. The van der Waals surface area contributed by atoms with Crippen LogP contribution in [0.5, 0.6) is 0 Å². The molecule has 31 heteroatoms. The molecule has 0 aromatic rings. The summed E-state index contributed by atoms with van der Waals surface area (Å²) in [5.41, 5.74) is 0. The minimum Gasteiger partial charge on any atom is -0.394 e. The molecule has 22 rings (SSSR count). The van der Waals surface area contributed by atoms with Gasteiger partial charge in [-0.1, -0.05) is 0 Å². The van der Waals surface area contributed by atoms with Crippen LogP contribution in [0.25, 0.3) is 0 Å². The predicted octanol–water partition coefficient (Wildman–Crippen LogP) is -11.7. The molecule has 22 aliphatic rings. The molecule has 0 unspecified atom stereocenters. The molecule has 0 amide bonds. The van der Waals surface area contributed by atoms with Crippen molar-refractivity contribution in [3.8, 4) is 0 Å². The molecule has 426 valence electrons. The zero-order valence-electron chi connectivity index (χ0n) is 39.7. The van der Waals surface area contributed by atoms with Gasteiger partial charge >= 0.3 is 0 Å². The van der Waals surface area contributed by atoms with E-state index in [0.717, 1.165) is 0 Å². The van der Waals surface area contributed by atoms with Crippen molar-refractivity contribution in [1.29, 1.82) is 0 Å². The van der Waals surface area contributed by atoms with E-state index in [2.05, 4.69) is 0 Å². The van der Waals surface area contributed by atoms with Gasteiger partial charge in [-0.3, -0.25) is 0 Å². The molecule has 22 fully saturated rings. The Morgan fingerprint density at radius 3 is 0.781 bits per heavy atom. The van der Waals surface area contributed by atoms with Gasteiger partial charge in [0.1, 0.15) is 146 Å². The number of rotatable bonds is 12. The summed E-state index contributed by atoms with van der Waals surface area (Å²) in [6.45, 7) is -5.23. The molecule has 22 aliphatic heterocycles. The molecule has 0 spiro atoms. The third-order valence-electron chi connectivity index (χ3n) is 14.0. The standard InChI is InChI=1S/C42H73NO30/c1-43(2)5-3-4-6-61-36-29(60)42-67-18(12-49)35(36)73-41-28(59)23(54)33(16(10-47)66-41)71-39-26(57)21(52)31(14(8-45)64-39)69-37-24(55)19(50)30(13(7-44)62-37)68-38-25(56)20(51)32(15(9-46)63-38)70-40-27(58)22(53)34(72-42)17(11-48)65-40/h13-42,44-60H,3-12H2,1-2H3/t13-,14-,15-,16-,17-,18-,19-,20-,21-,22-,23-,24-,25-,26-,27-,28-,29-,30-,31-,32-,33-,34-,35+,36-,37-,38-,39-,40-,41-,42-/m1/s1. The lowest BCUT2D eigenvalue weighted by Crippen LogP contribution is -2.69. The van der Waals surface area contributed by atoms with Gasteiger partial charge in [0, 0.05) is 6.61 Å². The maximum Gasteiger partial charge on any atom is 0.187 e. The SMILES string of the molecule is CN(C)CCCCO[C@@H]1[C@@H](O)[C@H]2O[C@H]3[C@H](O)[C@@H](O)[C@@H](O[C@H]4[C@H](O)[C@@H](O)[C@@H](O[C@H]5[C@H](O)[C@@H](O)[C@@H](O[C@H]6[C@H](O)[C@@H](O)[C@@H](O[C@H]7[C@H](O)[C@@H](O)[C@@H](O[C@H]1[C@@H](CO)O2)O[C@@H]7CO)O[C@@H]6CO)O[C@@H]5CO)O[C@@H]4CO)O[C@@H]3CO. The lowest BCUT2D eigenvalue weighted by atomic mass is 9.94. The van der Waals surface area contributed by atoms with Crippen LogP contribution in [-0.4, -0.2) is 343 Å². The number of hydrogen-bond acceptors (Lipinski definition) is 31. The molecule has 17 N–H and O–H groups in total. The van der Waals surface area contributed by atoms with E-state index < -0.39 is 224 Å². The van der Waals surface area contributed by atoms with Crippen molar-refractivity contribution >= 4 is 0 Å². The monoisotopic (exact) mass is 1070 g/mol. The summed E-state index contributed by atoms with van der Waals surface area (Å²) in [7, 11) is 3.70. The van der Waals surface area contributed by atoms with Gasteiger partial charge in [-0.05, 0) is 33.5 Å². The van der Waals surface area contributed by atoms with Crippen LogP contribution in [0.3, 0.4) is 0 Å². The van der Waals surface area contributed by atoms with Gasteiger partial charge in [0.05, 0.1) is 39.6 Å². The third-order valence-corrected chi connectivity index (χ3v) is 14.0. The van der Waals surface area contributed by atoms with E-state index in [9.17, 15) is 86.8 Å². The Hall–Kier alpha value is -1.24. The summed E-state index contributed by atoms with van der Waals surface area (Å²) in [4.78, 5) is 1.92. The number of aliphatic hydroxyl groups excluding tert-OH is 17. The Kier molecular flexibility index (Phi) is 21.3. The molecule has 30 atom stereocenters. The number of aliphatic hydroxyl groups is 17. The third kappa shape index (κ3) is 12.6. The minimum atomic E-state index is -2.14. The highest BCUT2D eigenvalue weighted by atomic mass is 16.8. The second kappa shape index (κ2) is 26.1. The summed E-state index contributed by atoms with van der Waals surface area (Å²) >= 11 is 0. The van der Waals surface area contributed by atoms with Gasteiger partial charge < -0.3 is 153 Å². The summed E-state index contributed by atoms with van der Waals surface area (Å²) in [6.07, 6.45) is -55.8. The van der Waals surface area contributed by atoms with E-state index in [1.165, 1.54) is 0 Å². The molecular weight excluding hydrogens is 998 g/mol. The quantitative estimate of drug-likeness (QED) is 0.0807. The first-order valence-corrected chi connectivity index (χ1v) is 24.1. The van der Waals surface area contributed by atoms with Gasteiger partial charge in [-0.15, -0.1) is 0 Å². The maximum absolute atomic E-state index is 11.9. The molecule has 73 heavy (non-hydrogen) atoms. The summed E-state index contributed by atoms with van der Waals surface area (Å²) in [5, 5.41) is 188. The zero-order valence-corrected chi connectivity index (χ0v) is 39.7. The minimum absolute atomic E-state index is 0.0538. The average molecular weight is 1070 g/mol. The number of unbranched alkanes of at least 4 members (excludes halogenated alkanes) is 1. The molecule has 22 saturated heterocycles. The topological polar surface area (TPSA) is 467 Å². The molecule has 0 aromatic carbocycles. The average Bonchev–Trinajstić information content (AvgIpc) is 3.37. The van der Waals surface area contributed by atoms with Gasteiger partial charge in [-0.25, -0.2) is 0 Å². The van der Waals surface area contributed by atoms with E-state index in [-0.39, 0.29) is 6.61 Å². The zero-order chi connectivity index (χ0) is 53.2. The largest absolute Gasteiger partial charge is 0.394 e. The van der Waals surface area contributed by atoms with Gasteiger partial charge in [0.2, 0.25) is 0 Å². The smallest absolute Gasteiger partial charge is 0.187 e. The Bertz CT molecular complexity index is 1650. The first-order valence-electron chi connectivity index (χ1n) is 24.1. The second-order valence-electron chi connectivity index (χ2n) is 19.2. The van der Waals surface area contributed by atoms with Crippen molar-refractivity contribution in [2.45, 2.75) is 197 Å². The molecule has 12 bridgehead atoms. The fourth-order valence-electron chi connectivity index (χ4n) is 9.85. The maximum atomic E-state index is 11.9. The van der Waals surface area contributed by atoms with E-state index in [1.807, 2.05) is 19.0 Å². The van der Waals surface area contributed by atoms with Gasteiger partial charge in [0.25, 0.3) is 0 Å². The Balaban J connectivity index is 1.21. The van der Waals surface area contributed by atoms with E-state index in [1.54, 1.807) is 0 Å². The molecule has 22 heterocycles. The fraction of sp³-hybridized carbons (Fsp3) is 1.00. The van der Waals surface area contributed by atoms with Crippen molar-refractivity contribution in [2.75, 3.05) is 66.9 Å². The first kappa shape index (κ1) is 59.4. The van der Waals surface area contributed by atoms with Crippen molar-refractivity contribution in [3.05, 3.63) is 0 Å². The van der Waals surface area contributed by atoms with E-state index in [0.29, 0.717) is 19.4 Å². The summed E-state index contributed by atoms with van der Waals surface area (Å²) < 4.78 is 75.8. The predicted molar refractivity (Wildman–Crippen MR) is 227 cm³/mol. The molecular formula is C42H73NO30. The van der Waals surface area contributed by atoms with E-state index in [4.69, 9.17) is 61.6 Å². The highest BCUT2D eigenvalue weighted by Gasteiger charge is 2.59. The number of ether oxygens (including phenoxy) is 13. The van der Waals surface area contributed by atoms with Gasteiger partial charge in [0.15, 0.2) is 37.7 Å². The Morgan fingerprint density at radius 2 is 0.534 bits per heavy atom. The summed E-state index contributed by atoms with van der Waals surface area (Å²) in [5.74, 6) is 0. The lowest BCUT2D eigenvalue weighted by Gasteiger charge is -2.51. The van der Waals surface area contributed by atoms with Crippen molar-refractivity contribution in [3.63, 3.8) is 0 Å². The van der Waals surface area contributed by atoms with Crippen LogP contribution in [0.4, 0.5) is 0 Å². The van der Waals surface area contributed by atoms with Gasteiger partial charge in [-0.2, -0.15) is 0 Å². The molecule has 0 saturated carbocycles. The second-order valence-corrected chi connectivity index (χ2v) is 19.2. The lowest BCUT2D eigenvalue weighted by molar-refractivity contribution is -0.404. The van der Waals surface area contributed by atoms with Crippen LogP contribution in [0, 0.1) is 0 Å². The van der Waals surface area contributed by atoms with Crippen molar-refractivity contribution < 1.29 is 148 Å². The first-order chi connectivity index (χ1) is 34.8. The van der Waals surface area contributed by atoms with Crippen LogP contribution in [0.1, 0.15) is 12.8 Å². The Morgan fingerprint density at radius 1 is 0.301 bits per heavy atom. The Labute approximate surface area is 416 Å². The van der Waals surface area contributed by atoms with E-state index >= 15 is 0 Å². The van der Waals surface area contributed by atoms with Crippen LogP contribution in [-0.2, 0) is 61.6 Å². The molecule has 0 aromatic heterocycles. The molecule has 31 nitrogen and oxygen atoms in total. The fourth-order valence-corrected chi connectivity index (χ4v) is 9.85.